The third-order valence-corrected chi connectivity index (χ3v) is 2.59. The average Bonchev–Trinajstić information content (AvgIpc) is 2.66. The molecule has 98 valence electrons. The van der Waals surface area contributed by atoms with Crippen LogP contribution in [-0.2, 0) is 13.1 Å². The van der Waals surface area contributed by atoms with Crippen molar-refractivity contribution < 1.29 is 8.78 Å². The minimum Gasteiger partial charge on any atom is -0.310 e. The lowest BCUT2D eigenvalue weighted by Gasteiger charge is -2.10. The van der Waals surface area contributed by atoms with Gasteiger partial charge in [-0.05, 0) is 6.42 Å². The van der Waals surface area contributed by atoms with Crippen molar-refractivity contribution in [2.45, 2.75) is 59.2 Å². The summed E-state index contributed by atoms with van der Waals surface area (Å²) in [6, 6.07) is 0.277. The Morgan fingerprint density at radius 2 is 2.12 bits per heavy atom. The zero-order valence-corrected chi connectivity index (χ0v) is 10.7. The van der Waals surface area contributed by atoms with Crippen LogP contribution < -0.4 is 5.32 Å². The Morgan fingerprint density at radius 3 is 2.65 bits per heavy atom. The molecule has 0 fully saturated rings. The third-order valence-electron chi connectivity index (χ3n) is 2.59. The van der Waals surface area contributed by atoms with Crippen molar-refractivity contribution in [2.75, 3.05) is 0 Å². The van der Waals surface area contributed by atoms with Crippen LogP contribution in [0.3, 0.4) is 0 Å². The van der Waals surface area contributed by atoms with E-state index in [0.29, 0.717) is 18.7 Å². The molecule has 0 aromatic carbocycles. The summed E-state index contributed by atoms with van der Waals surface area (Å²) in [6.07, 6.45) is 0.936. The van der Waals surface area contributed by atoms with Crippen molar-refractivity contribution in [1.82, 2.24) is 15.1 Å². The van der Waals surface area contributed by atoms with Crippen LogP contribution >= 0.6 is 0 Å². The van der Waals surface area contributed by atoms with Crippen LogP contribution in [0.15, 0.2) is 6.20 Å². The molecule has 1 heterocycles. The molecule has 0 saturated carbocycles. The molecule has 0 atom stereocenters. The Hall–Kier alpha value is -0.970. The maximum absolute atomic E-state index is 13.0. The number of hydrogen-bond acceptors (Lipinski definition) is 2. The fourth-order valence-corrected chi connectivity index (χ4v) is 1.62. The van der Waals surface area contributed by atoms with Crippen LogP contribution in [0.4, 0.5) is 8.78 Å². The number of aryl methyl sites for hydroxylation is 1. The first-order valence-corrected chi connectivity index (χ1v) is 6.12. The predicted molar refractivity (Wildman–Crippen MR) is 64.1 cm³/mol. The molecule has 0 spiro atoms. The van der Waals surface area contributed by atoms with Crippen molar-refractivity contribution in [3.8, 4) is 0 Å². The zero-order chi connectivity index (χ0) is 12.8. The van der Waals surface area contributed by atoms with Gasteiger partial charge in [-0.25, -0.2) is 8.78 Å². The molecule has 1 N–H and O–H groups in total. The summed E-state index contributed by atoms with van der Waals surface area (Å²) in [4.78, 5) is 0. The Balaban J connectivity index is 2.78. The monoisotopic (exact) mass is 245 g/mol. The van der Waals surface area contributed by atoms with Gasteiger partial charge in [0.2, 0.25) is 0 Å². The molecule has 0 aliphatic carbocycles. The van der Waals surface area contributed by atoms with Crippen LogP contribution in [0.5, 0.6) is 0 Å². The molecule has 0 bridgehead atoms. The van der Waals surface area contributed by atoms with Crippen LogP contribution in [0, 0.1) is 0 Å². The van der Waals surface area contributed by atoms with Gasteiger partial charge in [0.25, 0.3) is 6.43 Å². The van der Waals surface area contributed by atoms with E-state index in [-0.39, 0.29) is 11.7 Å². The van der Waals surface area contributed by atoms with E-state index >= 15 is 0 Å². The highest BCUT2D eigenvalue weighted by molar-refractivity contribution is 5.19. The van der Waals surface area contributed by atoms with E-state index in [1.54, 1.807) is 6.20 Å². The number of nitrogens with zero attached hydrogens (tertiary/aromatic N) is 2. The van der Waals surface area contributed by atoms with Crippen LogP contribution in [0.25, 0.3) is 0 Å². The summed E-state index contributed by atoms with van der Waals surface area (Å²) in [7, 11) is 0. The fraction of sp³-hybridized carbons (Fsp3) is 0.750. The second-order valence-electron chi connectivity index (χ2n) is 4.47. The highest BCUT2D eigenvalue weighted by Gasteiger charge is 2.19. The number of rotatable bonds is 7. The Bertz CT molecular complexity index is 334. The van der Waals surface area contributed by atoms with Gasteiger partial charge in [-0.2, -0.15) is 5.10 Å². The van der Waals surface area contributed by atoms with Gasteiger partial charge in [0.05, 0.1) is 6.20 Å². The number of hydrogen-bond donors (Lipinski definition) is 1. The van der Waals surface area contributed by atoms with E-state index in [1.165, 1.54) is 4.68 Å². The summed E-state index contributed by atoms with van der Waals surface area (Å²) in [6.45, 7) is 7.03. The second kappa shape index (κ2) is 6.69. The average molecular weight is 245 g/mol. The van der Waals surface area contributed by atoms with E-state index < -0.39 is 6.43 Å². The van der Waals surface area contributed by atoms with Gasteiger partial charge in [-0.1, -0.05) is 27.2 Å². The third kappa shape index (κ3) is 4.07. The van der Waals surface area contributed by atoms with Crippen molar-refractivity contribution in [3.05, 3.63) is 17.5 Å². The highest BCUT2D eigenvalue weighted by atomic mass is 19.3. The van der Waals surface area contributed by atoms with Crippen molar-refractivity contribution in [1.29, 1.82) is 0 Å². The van der Waals surface area contributed by atoms with Crippen molar-refractivity contribution >= 4 is 0 Å². The molecule has 5 heteroatoms. The van der Waals surface area contributed by atoms with Crippen molar-refractivity contribution in [2.24, 2.45) is 0 Å². The fourth-order valence-electron chi connectivity index (χ4n) is 1.62. The van der Waals surface area contributed by atoms with Crippen LogP contribution in [0.2, 0.25) is 0 Å². The first-order chi connectivity index (χ1) is 8.06. The van der Waals surface area contributed by atoms with Gasteiger partial charge in [0.1, 0.15) is 5.69 Å². The number of alkyl halides is 2. The molecule has 3 nitrogen and oxygen atoms in total. The molecule has 0 saturated heterocycles. The highest BCUT2D eigenvalue weighted by Crippen LogP contribution is 2.23. The van der Waals surface area contributed by atoms with Gasteiger partial charge < -0.3 is 5.32 Å². The van der Waals surface area contributed by atoms with E-state index in [1.807, 2.05) is 20.8 Å². The molecule has 1 aromatic heterocycles. The van der Waals surface area contributed by atoms with Gasteiger partial charge in [-0.15, -0.1) is 0 Å². The van der Waals surface area contributed by atoms with Crippen LogP contribution in [-0.4, -0.2) is 15.8 Å². The van der Waals surface area contributed by atoms with Gasteiger partial charge >= 0.3 is 0 Å². The lowest BCUT2D eigenvalue weighted by molar-refractivity contribution is 0.137. The zero-order valence-electron chi connectivity index (χ0n) is 10.7. The molecule has 1 aromatic rings. The molecule has 17 heavy (non-hydrogen) atoms. The number of nitrogens with one attached hydrogen (secondary N) is 1. The molecule has 0 aliphatic heterocycles. The predicted octanol–water partition coefficient (Wildman–Crippen LogP) is 3.12. The molecule has 0 unspecified atom stereocenters. The Morgan fingerprint density at radius 1 is 1.41 bits per heavy atom. The molecule has 1 rings (SSSR count). The first-order valence-electron chi connectivity index (χ1n) is 6.12. The van der Waals surface area contributed by atoms with E-state index in [4.69, 9.17) is 0 Å². The molecule has 0 aliphatic rings. The smallest absolute Gasteiger partial charge is 0.280 e. The summed E-state index contributed by atoms with van der Waals surface area (Å²) in [5.74, 6) is 0. The minimum absolute atomic E-state index is 0.0617. The summed E-state index contributed by atoms with van der Waals surface area (Å²) in [5.41, 5.74) is 0.663. The van der Waals surface area contributed by atoms with Crippen LogP contribution in [0.1, 0.15) is 51.3 Å². The first kappa shape index (κ1) is 14.1. The van der Waals surface area contributed by atoms with Gasteiger partial charge in [-0.3, -0.25) is 4.68 Å². The maximum atomic E-state index is 13.0. The van der Waals surface area contributed by atoms with E-state index in [2.05, 4.69) is 10.4 Å². The van der Waals surface area contributed by atoms with Gasteiger partial charge in [0, 0.05) is 24.7 Å². The van der Waals surface area contributed by atoms with E-state index in [9.17, 15) is 8.78 Å². The van der Waals surface area contributed by atoms with Gasteiger partial charge in [0.15, 0.2) is 0 Å². The molecule has 0 radical (unpaired) electrons. The summed E-state index contributed by atoms with van der Waals surface area (Å²) >= 11 is 0. The topological polar surface area (TPSA) is 29.9 Å². The Labute approximate surface area is 101 Å². The van der Waals surface area contributed by atoms with Crippen molar-refractivity contribution in [3.63, 3.8) is 0 Å². The summed E-state index contributed by atoms with van der Waals surface area (Å²) in [5, 5.41) is 7.19. The minimum atomic E-state index is -2.46. The lowest BCUT2D eigenvalue weighted by atomic mass is 10.2. The Kier molecular flexibility index (Phi) is 5.55. The molecular weight excluding hydrogens is 224 g/mol. The largest absolute Gasteiger partial charge is 0.310 e. The number of halogens is 2. The standard InChI is InChI=1S/C12H21F2N3/c1-4-5-6-17-11(12(13)14)10(8-16-17)7-15-9(2)3/h8-9,12,15H,4-7H2,1-3H3. The lowest BCUT2D eigenvalue weighted by Crippen LogP contribution is -2.22. The van der Waals surface area contributed by atoms with E-state index in [0.717, 1.165) is 12.8 Å². The molecular formula is C12H21F2N3. The summed E-state index contributed by atoms with van der Waals surface area (Å²) < 4.78 is 27.4. The number of aromatic nitrogens is 2. The SMILES string of the molecule is CCCCn1ncc(CNC(C)C)c1C(F)F. The second-order valence-corrected chi connectivity index (χ2v) is 4.47. The quantitative estimate of drug-likeness (QED) is 0.800. The maximum Gasteiger partial charge on any atom is 0.280 e. The normalized spacial score (nSPS) is 11.7. The molecule has 0 amide bonds. The number of unbranched alkanes of at least 4 members (excludes halogenated alkanes) is 1.